The van der Waals surface area contributed by atoms with Gasteiger partial charge in [0, 0.05) is 11.4 Å². The van der Waals surface area contributed by atoms with Crippen molar-refractivity contribution in [3.63, 3.8) is 0 Å². The fourth-order valence-corrected chi connectivity index (χ4v) is 4.95. The highest BCUT2D eigenvalue weighted by Crippen LogP contribution is 2.47. The fraction of sp³-hybridized carbons (Fsp3) is 0.152. The fourth-order valence-electron chi connectivity index (χ4n) is 4.95. The van der Waals surface area contributed by atoms with E-state index in [0.29, 0.717) is 16.9 Å². The summed E-state index contributed by atoms with van der Waals surface area (Å²) in [4.78, 5) is 49.1. The van der Waals surface area contributed by atoms with Crippen LogP contribution in [0.15, 0.2) is 72.8 Å². The lowest BCUT2D eigenvalue weighted by molar-refractivity contribution is -0.173. The van der Waals surface area contributed by atoms with Crippen LogP contribution >= 0.6 is 0 Å². The maximum absolute atomic E-state index is 14.8. The molecule has 0 fully saturated rings. The number of nitrogens with two attached hydrogens (primary N) is 2. The summed E-state index contributed by atoms with van der Waals surface area (Å²) in [6.45, 7) is 4.32. The van der Waals surface area contributed by atoms with Crippen molar-refractivity contribution in [2.75, 3.05) is 11.1 Å². The number of halogens is 3. The van der Waals surface area contributed by atoms with Gasteiger partial charge in [0.1, 0.15) is 5.41 Å². The third-order valence-electron chi connectivity index (χ3n) is 7.82. The average Bonchev–Trinajstić information content (AvgIpc) is 2.97. The van der Waals surface area contributed by atoms with Gasteiger partial charge in [-0.1, -0.05) is 30.3 Å². The summed E-state index contributed by atoms with van der Waals surface area (Å²) in [5, 5.41) is 22.0. The third kappa shape index (κ3) is 6.07. The molecule has 0 unspecified atom stereocenters. The highest BCUT2D eigenvalue weighted by molar-refractivity contribution is 6.11. The van der Waals surface area contributed by atoms with Crippen LogP contribution in [0.3, 0.4) is 0 Å². The summed E-state index contributed by atoms with van der Waals surface area (Å²) in [7, 11) is 0. The van der Waals surface area contributed by atoms with E-state index in [2.05, 4.69) is 5.32 Å². The molecule has 0 aliphatic rings. The number of carbonyl (C=O) groups excluding carboxylic acids is 2. The Kier molecular flexibility index (Phi) is 8.46. The number of amides is 2. The molecule has 0 saturated heterocycles. The van der Waals surface area contributed by atoms with Crippen LogP contribution in [0.25, 0.3) is 11.1 Å². The summed E-state index contributed by atoms with van der Waals surface area (Å²) in [6.07, 6.45) is -5.07. The Morgan fingerprint density at radius 2 is 1.22 bits per heavy atom. The molecule has 0 aliphatic heterocycles. The number of anilines is 2. The second-order valence-electron chi connectivity index (χ2n) is 10.7. The predicted octanol–water partition coefficient (Wildman–Crippen LogP) is 6.17. The van der Waals surface area contributed by atoms with Gasteiger partial charge in [-0.15, -0.1) is 0 Å². The van der Waals surface area contributed by atoms with Crippen molar-refractivity contribution in [1.29, 1.82) is 0 Å². The molecule has 4 aromatic rings. The molecule has 4 rings (SSSR count). The van der Waals surface area contributed by atoms with Crippen molar-refractivity contribution in [2.24, 2.45) is 5.73 Å². The molecule has 0 spiro atoms. The average molecular weight is 620 g/mol. The Morgan fingerprint density at radius 3 is 1.76 bits per heavy atom. The van der Waals surface area contributed by atoms with E-state index in [9.17, 15) is 42.6 Å². The SMILES string of the molecule is Cc1cc(-c2ccc(C)c(NC(=O)c3ccc([C@](C)(c4ccc(C(=O)O)c(C(N)=O)c4)C(F)(F)F)cc3C(=O)O)c2)ccc1N. The Morgan fingerprint density at radius 1 is 0.689 bits per heavy atom. The van der Waals surface area contributed by atoms with E-state index < -0.39 is 68.7 Å². The van der Waals surface area contributed by atoms with Crippen LogP contribution < -0.4 is 16.8 Å². The van der Waals surface area contributed by atoms with Crippen LogP contribution in [0.1, 0.15) is 70.6 Å². The van der Waals surface area contributed by atoms with Gasteiger partial charge in [0.25, 0.3) is 5.91 Å². The third-order valence-corrected chi connectivity index (χ3v) is 7.82. The van der Waals surface area contributed by atoms with Crippen LogP contribution in [-0.4, -0.2) is 40.1 Å². The number of aromatic carboxylic acids is 2. The van der Waals surface area contributed by atoms with Crippen molar-refractivity contribution in [3.05, 3.63) is 117 Å². The molecule has 0 aliphatic carbocycles. The minimum absolute atomic E-state index is 0.352. The first-order valence-corrected chi connectivity index (χ1v) is 13.4. The molecule has 7 N–H and O–H groups in total. The Hall–Kier alpha value is -5.65. The topological polar surface area (TPSA) is 173 Å². The van der Waals surface area contributed by atoms with E-state index in [4.69, 9.17) is 11.5 Å². The molecule has 0 heterocycles. The number of alkyl halides is 3. The van der Waals surface area contributed by atoms with E-state index >= 15 is 0 Å². The normalized spacial score (nSPS) is 12.7. The van der Waals surface area contributed by atoms with Crippen molar-refractivity contribution >= 4 is 35.1 Å². The van der Waals surface area contributed by atoms with Crippen LogP contribution in [0.2, 0.25) is 0 Å². The lowest BCUT2D eigenvalue weighted by Gasteiger charge is -2.34. The van der Waals surface area contributed by atoms with Crippen LogP contribution in [0.4, 0.5) is 24.5 Å². The molecule has 4 aromatic carbocycles. The molecule has 12 heteroatoms. The van der Waals surface area contributed by atoms with E-state index in [1.54, 1.807) is 31.2 Å². The number of carboxylic acid groups (broad SMARTS) is 2. The Bertz CT molecular complexity index is 1890. The van der Waals surface area contributed by atoms with E-state index in [0.717, 1.165) is 60.0 Å². The number of hydrogen-bond acceptors (Lipinski definition) is 5. The van der Waals surface area contributed by atoms with E-state index in [1.165, 1.54) is 0 Å². The first-order chi connectivity index (χ1) is 20.9. The first kappa shape index (κ1) is 32.3. The monoisotopic (exact) mass is 619 g/mol. The molecule has 0 radical (unpaired) electrons. The van der Waals surface area contributed by atoms with Crippen molar-refractivity contribution in [2.45, 2.75) is 32.4 Å². The molecule has 0 aromatic heterocycles. The van der Waals surface area contributed by atoms with Crippen LogP contribution in [0.5, 0.6) is 0 Å². The summed E-state index contributed by atoms with van der Waals surface area (Å²) < 4.78 is 44.3. The van der Waals surface area contributed by atoms with Gasteiger partial charge in [-0.05, 0) is 96.6 Å². The second-order valence-corrected chi connectivity index (χ2v) is 10.7. The predicted molar refractivity (Wildman–Crippen MR) is 162 cm³/mol. The maximum Gasteiger partial charge on any atom is 0.402 e. The number of rotatable bonds is 8. The van der Waals surface area contributed by atoms with Gasteiger partial charge in [0.05, 0.1) is 22.3 Å². The Balaban J connectivity index is 1.79. The smallest absolute Gasteiger partial charge is 0.402 e. The summed E-state index contributed by atoms with van der Waals surface area (Å²) in [6, 6.07) is 15.8. The highest BCUT2D eigenvalue weighted by Gasteiger charge is 2.54. The molecule has 2 amide bonds. The van der Waals surface area contributed by atoms with Crippen molar-refractivity contribution in [1.82, 2.24) is 0 Å². The summed E-state index contributed by atoms with van der Waals surface area (Å²) in [5.41, 5.74) is 8.73. The molecule has 232 valence electrons. The summed E-state index contributed by atoms with van der Waals surface area (Å²) >= 11 is 0. The van der Waals surface area contributed by atoms with Gasteiger partial charge < -0.3 is 27.0 Å². The molecule has 1 atom stereocenters. The number of aryl methyl sites for hydroxylation is 2. The number of carboxylic acids is 2. The number of carbonyl (C=O) groups is 4. The molecular formula is C33H28F3N3O6. The molecule has 0 saturated carbocycles. The highest BCUT2D eigenvalue weighted by atomic mass is 19.4. The minimum Gasteiger partial charge on any atom is -0.478 e. The van der Waals surface area contributed by atoms with E-state index in [-0.39, 0.29) is 0 Å². The van der Waals surface area contributed by atoms with Crippen LogP contribution in [0, 0.1) is 13.8 Å². The second kappa shape index (κ2) is 11.8. The van der Waals surface area contributed by atoms with Gasteiger partial charge in [0.2, 0.25) is 5.91 Å². The zero-order valence-electron chi connectivity index (χ0n) is 24.2. The lowest BCUT2D eigenvalue weighted by Crippen LogP contribution is -2.41. The zero-order chi connectivity index (χ0) is 33.4. The molecule has 0 bridgehead atoms. The Labute approximate surface area is 255 Å². The van der Waals surface area contributed by atoms with Gasteiger partial charge in [0.15, 0.2) is 0 Å². The van der Waals surface area contributed by atoms with Gasteiger partial charge >= 0.3 is 18.1 Å². The van der Waals surface area contributed by atoms with Crippen molar-refractivity contribution < 1.29 is 42.6 Å². The number of nitrogens with one attached hydrogen (secondary N) is 1. The first-order valence-electron chi connectivity index (χ1n) is 13.4. The molecule has 45 heavy (non-hydrogen) atoms. The number of nitrogen functional groups attached to an aromatic ring is 1. The zero-order valence-corrected chi connectivity index (χ0v) is 24.2. The van der Waals surface area contributed by atoms with E-state index in [1.807, 2.05) is 19.1 Å². The van der Waals surface area contributed by atoms with Crippen molar-refractivity contribution in [3.8, 4) is 11.1 Å². The largest absolute Gasteiger partial charge is 0.478 e. The quantitative estimate of drug-likeness (QED) is 0.147. The minimum atomic E-state index is -5.07. The molecular weight excluding hydrogens is 591 g/mol. The number of benzene rings is 4. The van der Waals surface area contributed by atoms with Gasteiger partial charge in [-0.25, -0.2) is 9.59 Å². The number of primary amides is 1. The van der Waals surface area contributed by atoms with Gasteiger partial charge in [-0.3, -0.25) is 9.59 Å². The maximum atomic E-state index is 14.8. The lowest BCUT2D eigenvalue weighted by atomic mass is 9.74. The molecule has 9 nitrogen and oxygen atoms in total. The number of hydrogen-bond donors (Lipinski definition) is 5. The van der Waals surface area contributed by atoms with Crippen LogP contribution in [-0.2, 0) is 5.41 Å². The van der Waals surface area contributed by atoms with Gasteiger partial charge in [-0.2, -0.15) is 13.2 Å². The standard InChI is InChI=1S/C33H28F3N3O6/c1-16-4-5-19(18-6-11-26(37)17(2)12-18)13-27(16)39-29(41)22-9-7-21(15-25(22)31(44)45)32(3,33(34,35)36)20-8-10-23(30(42)43)24(14-20)28(38)40/h4-15H,37H2,1-3H3,(H2,38,40)(H,39,41)(H,42,43)(H,44,45)/t32-/m0/s1. The summed E-state index contributed by atoms with van der Waals surface area (Å²) in [5.74, 6) is -5.36.